The summed E-state index contributed by atoms with van der Waals surface area (Å²) < 4.78 is 0. The molecule has 5 heteroatoms. The molecule has 2 aromatic rings. The van der Waals surface area contributed by atoms with Gasteiger partial charge in [-0.3, -0.25) is 4.79 Å². The summed E-state index contributed by atoms with van der Waals surface area (Å²) >= 11 is 0. The van der Waals surface area contributed by atoms with Gasteiger partial charge in [0.25, 0.3) is 5.91 Å². The van der Waals surface area contributed by atoms with Crippen molar-refractivity contribution in [3.63, 3.8) is 0 Å². The summed E-state index contributed by atoms with van der Waals surface area (Å²) in [6.45, 7) is 2.59. The monoisotopic (exact) mass is 256 g/mol. The molecular weight excluding hydrogens is 240 g/mol. The molecule has 0 atom stereocenters. The molecule has 0 saturated heterocycles. The van der Waals surface area contributed by atoms with E-state index in [4.69, 9.17) is 5.73 Å². The van der Waals surface area contributed by atoms with Gasteiger partial charge in [-0.25, -0.2) is 9.97 Å². The first kappa shape index (κ1) is 13.0. The molecule has 0 radical (unpaired) electrons. The lowest BCUT2D eigenvalue weighted by atomic mass is 10.1. The minimum atomic E-state index is -0.292. The molecule has 0 spiro atoms. The van der Waals surface area contributed by atoms with Gasteiger partial charge in [0, 0.05) is 18.9 Å². The Labute approximate surface area is 111 Å². The first-order chi connectivity index (χ1) is 9.18. The normalized spacial score (nSPS) is 10.2. The molecule has 1 aromatic heterocycles. The number of aryl methyl sites for hydroxylation is 1. The molecule has 0 fully saturated rings. The van der Waals surface area contributed by atoms with E-state index >= 15 is 0 Å². The van der Waals surface area contributed by atoms with Gasteiger partial charge in [-0.05, 0) is 24.5 Å². The highest BCUT2D eigenvalue weighted by Gasteiger charge is 2.11. The Morgan fingerprint density at radius 3 is 2.74 bits per heavy atom. The van der Waals surface area contributed by atoms with E-state index in [9.17, 15) is 4.79 Å². The lowest BCUT2D eigenvalue weighted by molar-refractivity contribution is 0.0950. The van der Waals surface area contributed by atoms with Crippen molar-refractivity contribution >= 4 is 11.7 Å². The number of nitrogens with zero attached hydrogens (tertiary/aromatic N) is 2. The van der Waals surface area contributed by atoms with E-state index in [1.165, 1.54) is 23.5 Å². The Morgan fingerprint density at radius 2 is 2.00 bits per heavy atom. The summed E-state index contributed by atoms with van der Waals surface area (Å²) in [7, 11) is 0. The van der Waals surface area contributed by atoms with Crippen molar-refractivity contribution in [3.8, 4) is 0 Å². The zero-order valence-corrected chi connectivity index (χ0v) is 10.8. The van der Waals surface area contributed by atoms with Gasteiger partial charge in [0.1, 0.15) is 0 Å². The van der Waals surface area contributed by atoms with Crippen LogP contribution >= 0.6 is 0 Å². The zero-order chi connectivity index (χ0) is 13.7. The van der Waals surface area contributed by atoms with Gasteiger partial charge in [-0.15, -0.1) is 0 Å². The minimum absolute atomic E-state index is 0.149. The highest BCUT2D eigenvalue weighted by molar-refractivity contribution is 5.96. The van der Waals surface area contributed by atoms with E-state index in [-0.39, 0.29) is 17.4 Å². The molecule has 2 rings (SSSR count). The van der Waals surface area contributed by atoms with Crippen molar-refractivity contribution in [3.05, 3.63) is 53.5 Å². The molecule has 1 heterocycles. The Morgan fingerprint density at radius 1 is 1.26 bits per heavy atom. The molecule has 0 aliphatic heterocycles. The SMILES string of the molecule is Cc1ccccc1CCNC(=O)c1nccnc1N. The molecule has 0 aliphatic carbocycles. The largest absolute Gasteiger partial charge is 0.382 e. The number of hydrogen-bond donors (Lipinski definition) is 2. The zero-order valence-electron chi connectivity index (χ0n) is 10.8. The number of hydrogen-bond acceptors (Lipinski definition) is 4. The molecule has 0 saturated carbocycles. The van der Waals surface area contributed by atoms with Gasteiger partial charge >= 0.3 is 0 Å². The molecule has 1 aromatic carbocycles. The first-order valence-electron chi connectivity index (χ1n) is 6.07. The third-order valence-corrected chi connectivity index (χ3v) is 2.88. The van der Waals surface area contributed by atoms with Crippen LogP contribution in [0.5, 0.6) is 0 Å². The van der Waals surface area contributed by atoms with E-state index in [1.807, 2.05) is 12.1 Å². The fourth-order valence-corrected chi connectivity index (χ4v) is 1.81. The third kappa shape index (κ3) is 3.28. The van der Waals surface area contributed by atoms with Gasteiger partial charge in [0.2, 0.25) is 0 Å². The highest BCUT2D eigenvalue weighted by atomic mass is 16.1. The standard InChI is InChI=1S/C14H16N4O/c1-10-4-2-3-5-11(10)6-7-18-14(19)12-13(15)17-9-8-16-12/h2-5,8-9H,6-7H2,1H3,(H2,15,17)(H,18,19). The fraction of sp³-hybridized carbons (Fsp3) is 0.214. The van der Waals surface area contributed by atoms with Gasteiger partial charge in [0.15, 0.2) is 11.5 Å². The quantitative estimate of drug-likeness (QED) is 0.865. The molecule has 98 valence electrons. The second-order valence-electron chi connectivity index (χ2n) is 4.22. The van der Waals surface area contributed by atoms with Crippen LogP contribution in [-0.2, 0) is 6.42 Å². The molecule has 3 N–H and O–H groups in total. The number of anilines is 1. The summed E-state index contributed by atoms with van der Waals surface area (Å²) in [5.74, 6) is -0.143. The molecule has 19 heavy (non-hydrogen) atoms. The maximum Gasteiger partial charge on any atom is 0.273 e. The Kier molecular flexibility index (Phi) is 4.07. The van der Waals surface area contributed by atoms with Crippen LogP contribution in [0.15, 0.2) is 36.7 Å². The number of nitrogens with two attached hydrogens (primary N) is 1. The lowest BCUT2D eigenvalue weighted by Crippen LogP contribution is -2.27. The van der Waals surface area contributed by atoms with Crippen molar-refractivity contribution in [1.82, 2.24) is 15.3 Å². The summed E-state index contributed by atoms with van der Waals surface area (Å²) in [5, 5.41) is 2.79. The van der Waals surface area contributed by atoms with E-state index in [0.29, 0.717) is 6.54 Å². The van der Waals surface area contributed by atoms with Crippen LogP contribution in [0.25, 0.3) is 0 Å². The van der Waals surface area contributed by atoms with Crippen LogP contribution < -0.4 is 11.1 Å². The number of nitrogen functional groups attached to an aromatic ring is 1. The van der Waals surface area contributed by atoms with E-state index < -0.39 is 0 Å². The van der Waals surface area contributed by atoms with Gasteiger partial charge < -0.3 is 11.1 Å². The molecule has 0 bridgehead atoms. The van der Waals surface area contributed by atoms with E-state index in [0.717, 1.165) is 6.42 Å². The van der Waals surface area contributed by atoms with Crippen LogP contribution in [-0.4, -0.2) is 22.4 Å². The van der Waals surface area contributed by atoms with Crippen LogP contribution in [0, 0.1) is 6.92 Å². The van der Waals surface area contributed by atoms with Crippen molar-refractivity contribution in [2.24, 2.45) is 0 Å². The molecule has 1 amide bonds. The topological polar surface area (TPSA) is 80.9 Å². The maximum absolute atomic E-state index is 11.8. The average Bonchev–Trinajstić information content (AvgIpc) is 2.41. The van der Waals surface area contributed by atoms with Crippen molar-refractivity contribution < 1.29 is 4.79 Å². The van der Waals surface area contributed by atoms with Gasteiger partial charge in [-0.1, -0.05) is 24.3 Å². The number of aromatic nitrogens is 2. The number of rotatable bonds is 4. The van der Waals surface area contributed by atoms with E-state index in [2.05, 4.69) is 34.3 Å². The molecule has 0 unspecified atom stereocenters. The first-order valence-corrected chi connectivity index (χ1v) is 6.07. The molecular formula is C14H16N4O. The van der Waals surface area contributed by atoms with Crippen molar-refractivity contribution in [2.45, 2.75) is 13.3 Å². The summed E-state index contributed by atoms with van der Waals surface area (Å²) in [6, 6.07) is 8.10. The molecule has 0 aliphatic rings. The van der Waals surface area contributed by atoms with Crippen LogP contribution in [0.4, 0.5) is 5.82 Å². The summed E-state index contributed by atoms with van der Waals surface area (Å²) in [6.07, 6.45) is 3.69. The average molecular weight is 256 g/mol. The number of benzene rings is 1. The Balaban J connectivity index is 1.92. The Hall–Kier alpha value is -2.43. The second kappa shape index (κ2) is 5.95. The van der Waals surface area contributed by atoms with Crippen LogP contribution in [0.1, 0.15) is 21.6 Å². The van der Waals surface area contributed by atoms with Crippen molar-refractivity contribution in [2.75, 3.05) is 12.3 Å². The summed E-state index contributed by atoms with van der Waals surface area (Å²) in [4.78, 5) is 19.6. The lowest BCUT2D eigenvalue weighted by Gasteiger charge is -2.07. The predicted molar refractivity (Wildman–Crippen MR) is 73.7 cm³/mol. The number of carbonyl (C=O) groups is 1. The second-order valence-corrected chi connectivity index (χ2v) is 4.22. The van der Waals surface area contributed by atoms with Crippen LogP contribution in [0.2, 0.25) is 0 Å². The minimum Gasteiger partial charge on any atom is -0.382 e. The smallest absolute Gasteiger partial charge is 0.273 e. The Bertz CT molecular complexity index is 583. The number of carbonyl (C=O) groups excluding carboxylic acids is 1. The van der Waals surface area contributed by atoms with Gasteiger partial charge in [0.05, 0.1) is 0 Å². The van der Waals surface area contributed by atoms with Gasteiger partial charge in [-0.2, -0.15) is 0 Å². The summed E-state index contributed by atoms with van der Waals surface area (Å²) in [5.41, 5.74) is 8.20. The fourth-order valence-electron chi connectivity index (χ4n) is 1.81. The maximum atomic E-state index is 11.8. The predicted octanol–water partition coefficient (Wildman–Crippen LogP) is 1.34. The van der Waals surface area contributed by atoms with Crippen molar-refractivity contribution in [1.29, 1.82) is 0 Å². The van der Waals surface area contributed by atoms with Crippen LogP contribution in [0.3, 0.4) is 0 Å². The number of amides is 1. The number of nitrogens with one attached hydrogen (secondary N) is 1. The van der Waals surface area contributed by atoms with E-state index in [1.54, 1.807) is 0 Å². The molecule has 5 nitrogen and oxygen atoms in total. The third-order valence-electron chi connectivity index (χ3n) is 2.88. The highest BCUT2D eigenvalue weighted by Crippen LogP contribution is 2.07.